The lowest BCUT2D eigenvalue weighted by molar-refractivity contribution is -0.121. The summed E-state index contributed by atoms with van der Waals surface area (Å²) in [6.45, 7) is 9.30. The SMILES string of the molecule is CCCCCCCCCC[Si](C)(C)CCC(=O)NC(Cc1ccccc1)c1ccc(C)cc1. The van der Waals surface area contributed by atoms with Gasteiger partial charge in [0.1, 0.15) is 0 Å². The third kappa shape index (κ3) is 11.7. The minimum atomic E-state index is -1.32. The summed E-state index contributed by atoms with van der Waals surface area (Å²) in [7, 11) is -1.32. The van der Waals surface area contributed by atoms with Gasteiger partial charge in [-0.3, -0.25) is 4.79 Å². The van der Waals surface area contributed by atoms with Gasteiger partial charge < -0.3 is 5.32 Å². The van der Waals surface area contributed by atoms with Crippen LogP contribution in [0.25, 0.3) is 0 Å². The van der Waals surface area contributed by atoms with E-state index in [9.17, 15) is 4.79 Å². The molecule has 0 saturated heterocycles. The molecule has 0 spiro atoms. The minimum Gasteiger partial charge on any atom is -0.349 e. The van der Waals surface area contributed by atoms with E-state index in [4.69, 9.17) is 0 Å². The molecule has 0 aliphatic rings. The molecular weight excluding hydrogens is 418 g/mol. The lowest BCUT2D eigenvalue weighted by atomic mass is 9.98. The van der Waals surface area contributed by atoms with Gasteiger partial charge in [-0.1, -0.05) is 138 Å². The molecule has 2 nitrogen and oxygen atoms in total. The van der Waals surface area contributed by atoms with Crippen molar-refractivity contribution in [3.8, 4) is 0 Å². The molecule has 2 aromatic carbocycles. The molecular formula is C30H47NOSi. The van der Waals surface area contributed by atoms with Crippen LogP contribution in [0.4, 0.5) is 0 Å². The Kier molecular flexibility index (Phi) is 12.5. The maximum Gasteiger partial charge on any atom is 0.220 e. The van der Waals surface area contributed by atoms with Crippen molar-refractivity contribution in [3.63, 3.8) is 0 Å². The molecule has 0 fully saturated rings. The molecule has 0 radical (unpaired) electrons. The Morgan fingerprint density at radius 1 is 0.818 bits per heavy atom. The summed E-state index contributed by atoms with van der Waals surface area (Å²) < 4.78 is 0. The summed E-state index contributed by atoms with van der Waals surface area (Å²) in [6, 6.07) is 21.5. The summed E-state index contributed by atoms with van der Waals surface area (Å²) >= 11 is 0. The Morgan fingerprint density at radius 2 is 1.42 bits per heavy atom. The van der Waals surface area contributed by atoms with E-state index < -0.39 is 8.07 Å². The normalized spacial score (nSPS) is 12.5. The molecule has 2 aromatic rings. The third-order valence-corrected chi connectivity index (χ3v) is 10.1. The maximum absolute atomic E-state index is 12.9. The number of hydrogen-bond acceptors (Lipinski definition) is 1. The van der Waals surface area contributed by atoms with Gasteiger partial charge in [0.05, 0.1) is 6.04 Å². The number of rotatable bonds is 16. The number of unbranched alkanes of at least 4 members (excludes halogenated alkanes) is 7. The largest absolute Gasteiger partial charge is 0.349 e. The molecule has 182 valence electrons. The van der Waals surface area contributed by atoms with Crippen LogP contribution in [-0.4, -0.2) is 14.0 Å². The molecule has 1 atom stereocenters. The summed E-state index contributed by atoms with van der Waals surface area (Å²) in [4.78, 5) is 12.9. The first-order valence-corrected chi connectivity index (χ1v) is 16.7. The Hall–Kier alpha value is -1.87. The zero-order chi connectivity index (χ0) is 23.9. The molecule has 1 N–H and O–H groups in total. The van der Waals surface area contributed by atoms with Crippen molar-refractivity contribution in [1.82, 2.24) is 5.32 Å². The Bertz CT molecular complexity index is 785. The highest BCUT2D eigenvalue weighted by atomic mass is 28.3. The third-order valence-electron chi connectivity index (χ3n) is 6.83. The predicted octanol–water partition coefficient (Wildman–Crippen LogP) is 8.63. The van der Waals surface area contributed by atoms with Crippen LogP contribution in [0.2, 0.25) is 25.2 Å². The van der Waals surface area contributed by atoms with E-state index in [1.165, 1.54) is 74.1 Å². The van der Waals surface area contributed by atoms with Crippen LogP contribution in [0.3, 0.4) is 0 Å². The van der Waals surface area contributed by atoms with Gasteiger partial charge in [0.25, 0.3) is 0 Å². The van der Waals surface area contributed by atoms with Crippen LogP contribution in [0.15, 0.2) is 54.6 Å². The lowest BCUT2D eigenvalue weighted by Crippen LogP contribution is -2.33. The van der Waals surface area contributed by atoms with Gasteiger partial charge in [-0.2, -0.15) is 0 Å². The Morgan fingerprint density at radius 3 is 2.06 bits per heavy atom. The number of benzene rings is 2. The lowest BCUT2D eigenvalue weighted by Gasteiger charge is -2.24. The van der Waals surface area contributed by atoms with Crippen molar-refractivity contribution in [3.05, 3.63) is 71.3 Å². The number of hydrogen-bond donors (Lipinski definition) is 1. The van der Waals surface area contributed by atoms with Gasteiger partial charge in [0, 0.05) is 14.5 Å². The summed E-state index contributed by atoms with van der Waals surface area (Å²) in [6.07, 6.45) is 12.5. The van der Waals surface area contributed by atoms with Crippen molar-refractivity contribution in [1.29, 1.82) is 0 Å². The first kappa shape index (κ1) is 27.4. The van der Waals surface area contributed by atoms with Gasteiger partial charge in [0.15, 0.2) is 0 Å². The van der Waals surface area contributed by atoms with E-state index in [1.807, 2.05) is 6.07 Å². The van der Waals surface area contributed by atoms with Crippen molar-refractivity contribution >= 4 is 14.0 Å². The second kappa shape index (κ2) is 15.1. The standard InChI is InChI=1S/C30H47NOSi/c1-5-6-7-8-9-10-11-15-23-33(3,4)24-22-30(32)31-29(25-27-16-13-12-14-17-27)28-20-18-26(2)19-21-28/h12-14,16-21,29H,5-11,15,22-25H2,1-4H3,(H,31,32). The van der Waals surface area contributed by atoms with E-state index in [0.29, 0.717) is 6.42 Å². The molecule has 33 heavy (non-hydrogen) atoms. The van der Waals surface area contributed by atoms with Crippen molar-refractivity contribution in [2.45, 2.75) is 109 Å². The molecule has 0 saturated carbocycles. The van der Waals surface area contributed by atoms with E-state index >= 15 is 0 Å². The van der Waals surface area contributed by atoms with Crippen LogP contribution >= 0.6 is 0 Å². The monoisotopic (exact) mass is 465 g/mol. The summed E-state index contributed by atoms with van der Waals surface area (Å²) in [5, 5.41) is 3.36. The topological polar surface area (TPSA) is 29.1 Å². The Labute approximate surface area is 204 Å². The van der Waals surface area contributed by atoms with E-state index in [-0.39, 0.29) is 11.9 Å². The molecule has 2 rings (SSSR count). The predicted molar refractivity (Wildman–Crippen MR) is 147 cm³/mol. The fourth-order valence-electron chi connectivity index (χ4n) is 4.48. The van der Waals surface area contributed by atoms with Crippen molar-refractivity contribution < 1.29 is 4.79 Å². The highest BCUT2D eigenvalue weighted by Gasteiger charge is 2.22. The fourth-order valence-corrected chi connectivity index (χ4v) is 6.84. The average Bonchev–Trinajstić information content (AvgIpc) is 2.80. The van der Waals surface area contributed by atoms with E-state index in [0.717, 1.165) is 12.5 Å². The van der Waals surface area contributed by atoms with Crippen LogP contribution in [-0.2, 0) is 11.2 Å². The number of amides is 1. The number of carbonyl (C=O) groups is 1. The zero-order valence-electron chi connectivity index (χ0n) is 21.7. The van der Waals surface area contributed by atoms with Crippen molar-refractivity contribution in [2.75, 3.05) is 0 Å². The molecule has 1 amide bonds. The summed E-state index contributed by atoms with van der Waals surface area (Å²) in [5.74, 6) is 0.202. The number of nitrogens with one attached hydrogen (secondary N) is 1. The first-order chi connectivity index (χ1) is 15.9. The van der Waals surface area contributed by atoms with Gasteiger partial charge in [-0.15, -0.1) is 0 Å². The number of aryl methyl sites for hydroxylation is 1. The van der Waals surface area contributed by atoms with Crippen LogP contribution in [0, 0.1) is 6.92 Å². The first-order valence-electron chi connectivity index (χ1n) is 13.3. The van der Waals surface area contributed by atoms with Crippen LogP contribution in [0.1, 0.15) is 87.4 Å². The smallest absolute Gasteiger partial charge is 0.220 e. The van der Waals surface area contributed by atoms with Crippen LogP contribution in [0.5, 0.6) is 0 Å². The van der Waals surface area contributed by atoms with E-state index in [2.05, 4.69) is 80.8 Å². The second-order valence-corrected chi connectivity index (χ2v) is 15.9. The molecule has 1 unspecified atom stereocenters. The zero-order valence-corrected chi connectivity index (χ0v) is 22.7. The van der Waals surface area contributed by atoms with Gasteiger partial charge in [0.2, 0.25) is 5.91 Å². The van der Waals surface area contributed by atoms with Crippen molar-refractivity contribution in [2.24, 2.45) is 0 Å². The molecule has 0 bridgehead atoms. The maximum atomic E-state index is 12.9. The van der Waals surface area contributed by atoms with Gasteiger partial charge in [-0.05, 0) is 30.5 Å². The Balaban J connectivity index is 1.79. The highest BCUT2D eigenvalue weighted by molar-refractivity contribution is 6.77. The molecule has 0 aliphatic carbocycles. The van der Waals surface area contributed by atoms with E-state index in [1.54, 1.807) is 0 Å². The minimum absolute atomic E-state index is 0.0259. The second-order valence-electron chi connectivity index (χ2n) is 10.6. The molecule has 3 heteroatoms. The van der Waals surface area contributed by atoms with Crippen LogP contribution < -0.4 is 5.32 Å². The summed E-state index contributed by atoms with van der Waals surface area (Å²) in [5.41, 5.74) is 3.69. The quantitative estimate of drug-likeness (QED) is 0.195. The molecule has 0 heterocycles. The van der Waals surface area contributed by atoms with Gasteiger partial charge in [-0.25, -0.2) is 0 Å². The van der Waals surface area contributed by atoms with Gasteiger partial charge >= 0.3 is 0 Å². The molecule has 0 aromatic heterocycles. The average molecular weight is 466 g/mol. The number of carbonyl (C=O) groups excluding carboxylic acids is 1. The fraction of sp³-hybridized carbons (Fsp3) is 0.567. The molecule has 0 aliphatic heterocycles. The highest BCUT2D eigenvalue weighted by Crippen LogP contribution is 2.23.